The molecule has 3 fully saturated rings. The Labute approximate surface area is 74.8 Å². The van der Waals surface area contributed by atoms with E-state index in [0.717, 1.165) is 12.5 Å². The van der Waals surface area contributed by atoms with Crippen LogP contribution in [0.3, 0.4) is 0 Å². The van der Waals surface area contributed by atoms with Crippen LogP contribution >= 0.6 is 0 Å². The Bertz CT molecular complexity index is 182. The van der Waals surface area contributed by atoms with Crippen molar-refractivity contribution in [3.63, 3.8) is 0 Å². The molecule has 0 saturated heterocycles. The topological polar surface area (TPSA) is 9.23 Å². The van der Waals surface area contributed by atoms with E-state index < -0.39 is 0 Å². The predicted octanol–water partition coefficient (Wildman–Crippen LogP) is 2.91. The summed E-state index contributed by atoms with van der Waals surface area (Å²) in [6.07, 6.45) is 6.40. The molecule has 1 nitrogen and oxygen atoms in total. The lowest BCUT2D eigenvalue weighted by Crippen LogP contribution is -2.44. The van der Waals surface area contributed by atoms with Gasteiger partial charge in [-0.2, -0.15) is 0 Å². The van der Waals surface area contributed by atoms with Crippen molar-refractivity contribution in [1.29, 1.82) is 0 Å². The molecular formula is C11H18O. The first kappa shape index (κ1) is 8.31. The minimum Gasteiger partial charge on any atom is -0.371 e. The quantitative estimate of drug-likeness (QED) is 0.573. The van der Waals surface area contributed by atoms with Gasteiger partial charge >= 0.3 is 0 Å². The molecule has 0 heterocycles. The first-order valence-electron chi connectivity index (χ1n) is 5.09. The zero-order valence-electron chi connectivity index (χ0n) is 7.94. The molecule has 0 unspecified atom stereocenters. The van der Waals surface area contributed by atoms with Crippen LogP contribution in [0.5, 0.6) is 0 Å². The minimum absolute atomic E-state index is 0.101. The smallest absolute Gasteiger partial charge is 0.0889 e. The maximum absolute atomic E-state index is 5.87. The Morgan fingerprint density at radius 2 is 2.17 bits per heavy atom. The average Bonchev–Trinajstić information content (AvgIpc) is 2.08. The van der Waals surface area contributed by atoms with Crippen molar-refractivity contribution >= 4 is 0 Å². The van der Waals surface area contributed by atoms with Gasteiger partial charge in [0.2, 0.25) is 0 Å². The van der Waals surface area contributed by atoms with Crippen LogP contribution in [0.2, 0.25) is 0 Å². The lowest BCUT2D eigenvalue weighted by atomic mass is 9.65. The second-order valence-electron chi connectivity index (χ2n) is 4.18. The lowest BCUT2D eigenvalue weighted by molar-refractivity contribution is -0.0662. The van der Waals surface area contributed by atoms with Gasteiger partial charge in [-0.05, 0) is 50.5 Å². The van der Waals surface area contributed by atoms with E-state index in [1.807, 2.05) is 0 Å². The molecule has 3 saturated carbocycles. The van der Waals surface area contributed by atoms with E-state index in [4.69, 9.17) is 4.74 Å². The second-order valence-corrected chi connectivity index (χ2v) is 4.18. The summed E-state index contributed by atoms with van der Waals surface area (Å²) >= 11 is 0. The summed E-state index contributed by atoms with van der Waals surface area (Å²) in [5.41, 5.74) is 1.47. The third kappa shape index (κ3) is 1.11. The third-order valence-corrected chi connectivity index (χ3v) is 3.51. The van der Waals surface area contributed by atoms with Gasteiger partial charge in [0.05, 0.1) is 5.60 Å². The maximum Gasteiger partial charge on any atom is 0.0889 e. The number of rotatable bonds is 2. The number of fused-ring (bicyclic) bond motifs is 3. The van der Waals surface area contributed by atoms with Gasteiger partial charge < -0.3 is 4.74 Å². The molecule has 0 aromatic heterocycles. The van der Waals surface area contributed by atoms with Gasteiger partial charge in [0.15, 0.2) is 0 Å². The fourth-order valence-electron chi connectivity index (χ4n) is 2.76. The monoisotopic (exact) mass is 166 g/mol. The number of ether oxygens (including phenoxy) is 1. The van der Waals surface area contributed by atoms with Gasteiger partial charge in [-0.3, -0.25) is 0 Å². The van der Waals surface area contributed by atoms with E-state index >= 15 is 0 Å². The van der Waals surface area contributed by atoms with E-state index in [2.05, 4.69) is 13.5 Å². The van der Waals surface area contributed by atoms with E-state index in [1.165, 1.54) is 37.7 Å². The highest BCUT2D eigenvalue weighted by Gasteiger charge is 2.43. The average molecular weight is 166 g/mol. The Kier molecular flexibility index (Phi) is 1.99. The highest BCUT2D eigenvalue weighted by atomic mass is 16.5. The van der Waals surface area contributed by atoms with Crippen LogP contribution in [0.25, 0.3) is 0 Å². The second kappa shape index (κ2) is 2.88. The first-order valence-corrected chi connectivity index (χ1v) is 5.09. The summed E-state index contributed by atoms with van der Waals surface area (Å²) < 4.78 is 5.87. The standard InChI is InChI=1S/C11H18O/c1-3-12-11-6-4-10(5-7-11)8-9(11)2/h10H,2-8H2,1H3. The zero-order valence-corrected chi connectivity index (χ0v) is 7.94. The van der Waals surface area contributed by atoms with Crippen molar-refractivity contribution in [2.45, 2.75) is 44.6 Å². The highest BCUT2D eigenvalue weighted by Crippen LogP contribution is 2.48. The van der Waals surface area contributed by atoms with Crippen molar-refractivity contribution in [1.82, 2.24) is 0 Å². The first-order chi connectivity index (χ1) is 5.77. The van der Waals surface area contributed by atoms with Crippen LogP contribution in [0.15, 0.2) is 12.2 Å². The largest absolute Gasteiger partial charge is 0.371 e. The highest BCUT2D eigenvalue weighted by molar-refractivity contribution is 5.20. The molecule has 3 aliphatic carbocycles. The molecule has 0 spiro atoms. The Morgan fingerprint density at radius 1 is 1.50 bits per heavy atom. The fourth-order valence-corrected chi connectivity index (χ4v) is 2.76. The van der Waals surface area contributed by atoms with E-state index in [1.54, 1.807) is 0 Å². The summed E-state index contributed by atoms with van der Waals surface area (Å²) in [5, 5.41) is 0. The lowest BCUT2D eigenvalue weighted by Gasteiger charge is -2.47. The molecule has 12 heavy (non-hydrogen) atoms. The summed E-state index contributed by atoms with van der Waals surface area (Å²) in [7, 11) is 0. The third-order valence-electron chi connectivity index (χ3n) is 3.51. The summed E-state index contributed by atoms with van der Waals surface area (Å²) in [4.78, 5) is 0. The SMILES string of the molecule is C=C1CC2CCC1(OCC)CC2. The van der Waals surface area contributed by atoms with E-state index in [-0.39, 0.29) is 5.60 Å². The van der Waals surface area contributed by atoms with Gasteiger partial charge in [0, 0.05) is 6.61 Å². The van der Waals surface area contributed by atoms with E-state index in [9.17, 15) is 0 Å². The van der Waals surface area contributed by atoms with Crippen molar-refractivity contribution < 1.29 is 4.74 Å². The summed E-state index contributed by atoms with van der Waals surface area (Å²) in [6.45, 7) is 7.09. The molecular weight excluding hydrogens is 148 g/mol. The van der Waals surface area contributed by atoms with E-state index in [0.29, 0.717) is 0 Å². The zero-order chi connectivity index (χ0) is 8.60. The Morgan fingerprint density at radius 3 is 2.67 bits per heavy atom. The molecule has 2 bridgehead atoms. The van der Waals surface area contributed by atoms with Crippen LogP contribution in [0, 0.1) is 5.92 Å². The van der Waals surface area contributed by atoms with Crippen molar-refractivity contribution in [3.05, 3.63) is 12.2 Å². The molecule has 68 valence electrons. The van der Waals surface area contributed by atoms with Gasteiger partial charge in [-0.25, -0.2) is 0 Å². The van der Waals surface area contributed by atoms with Gasteiger partial charge in [0.1, 0.15) is 0 Å². The van der Waals surface area contributed by atoms with Crippen molar-refractivity contribution in [2.24, 2.45) is 5.92 Å². The molecule has 3 aliphatic rings. The minimum atomic E-state index is 0.101. The van der Waals surface area contributed by atoms with Crippen LogP contribution < -0.4 is 0 Å². The normalized spacial score (nSPS) is 40.4. The molecule has 0 N–H and O–H groups in total. The van der Waals surface area contributed by atoms with Gasteiger partial charge in [-0.1, -0.05) is 6.58 Å². The Balaban J connectivity index is 2.15. The van der Waals surface area contributed by atoms with Crippen LogP contribution in [0.1, 0.15) is 39.0 Å². The summed E-state index contributed by atoms with van der Waals surface area (Å²) in [5.74, 6) is 0.930. The molecule has 0 aromatic rings. The fraction of sp³-hybridized carbons (Fsp3) is 0.818. The molecule has 3 rings (SSSR count). The molecule has 0 aliphatic heterocycles. The van der Waals surface area contributed by atoms with Gasteiger partial charge in [-0.15, -0.1) is 0 Å². The molecule has 0 atom stereocenters. The van der Waals surface area contributed by atoms with Crippen LogP contribution in [-0.4, -0.2) is 12.2 Å². The number of hydrogen-bond acceptors (Lipinski definition) is 1. The van der Waals surface area contributed by atoms with Crippen LogP contribution in [0.4, 0.5) is 0 Å². The molecule has 1 heteroatoms. The maximum atomic E-state index is 5.87. The van der Waals surface area contributed by atoms with Crippen molar-refractivity contribution in [2.75, 3.05) is 6.61 Å². The molecule has 0 aromatic carbocycles. The van der Waals surface area contributed by atoms with Crippen molar-refractivity contribution in [3.8, 4) is 0 Å². The molecule has 0 radical (unpaired) electrons. The van der Waals surface area contributed by atoms with Crippen LogP contribution in [-0.2, 0) is 4.74 Å². The number of hydrogen-bond donors (Lipinski definition) is 0. The Hall–Kier alpha value is -0.300. The summed E-state index contributed by atoms with van der Waals surface area (Å²) in [6, 6.07) is 0. The molecule has 0 amide bonds. The predicted molar refractivity (Wildman–Crippen MR) is 50.1 cm³/mol. The van der Waals surface area contributed by atoms with Gasteiger partial charge in [0.25, 0.3) is 0 Å².